The van der Waals surface area contributed by atoms with E-state index in [4.69, 9.17) is 14.2 Å². The maximum Gasteiger partial charge on any atom is 0.410 e. The maximum atomic E-state index is 14.1. The molecular weight excluding hydrogens is 532 g/mol. The zero-order chi connectivity index (χ0) is 28.6. The predicted molar refractivity (Wildman–Crippen MR) is 150 cm³/mol. The van der Waals surface area contributed by atoms with E-state index in [-0.39, 0.29) is 53.0 Å². The van der Waals surface area contributed by atoms with Gasteiger partial charge in [0.05, 0.1) is 35.7 Å². The van der Waals surface area contributed by atoms with Gasteiger partial charge in [-0.05, 0) is 71.3 Å². The van der Waals surface area contributed by atoms with Crippen LogP contribution in [0.1, 0.15) is 80.8 Å². The number of rotatable bonds is 5. The van der Waals surface area contributed by atoms with Gasteiger partial charge < -0.3 is 29.1 Å². The number of carboxylic acid groups (broad SMARTS) is 1. The molecular formula is C30H40N2O7S. The lowest BCUT2D eigenvalue weighted by atomic mass is 9.82. The molecule has 1 N–H and O–H groups in total. The van der Waals surface area contributed by atoms with Crippen molar-refractivity contribution in [1.29, 1.82) is 0 Å². The number of hydrogen-bond donors (Lipinski definition) is 1. The molecule has 4 atom stereocenters. The second-order valence-electron chi connectivity index (χ2n) is 12.6. The minimum absolute atomic E-state index is 0.0469. The first-order chi connectivity index (χ1) is 19.0. The van der Waals surface area contributed by atoms with Gasteiger partial charge in [-0.3, -0.25) is 4.79 Å². The second kappa shape index (κ2) is 11.7. The number of fused-ring (bicyclic) bond motifs is 1. The Morgan fingerprint density at radius 2 is 1.88 bits per heavy atom. The predicted octanol–water partition coefficient (Wildman–Crippen LogP) is 4.98. The number of likely N-dealkylation sites (tertiary alicyclic amines) is 1. The summed E-state index contributed by atoms with van der Waals surface area (Å²) < 4.78 is 17.0. The molecule has 4 fully saturated rings. The van der Waals surface area contributed by atoms with Crippen LogP contribution in [0.3, 0.4) is 0 Å². The van der Waals surface area contributed by atoms with Crippen LogP contribution in [0.4, 0.5) is 10.5 Å². The Balaban J connectivity index is 1.39. The lowest BCUT2D eigenvalue weighted by Gasteiger charge is -2.34. The molecule has 4 aliphatic rings. The molecule has 218 valence electrons. The van der Waals surface area contributed by atoms with Crippen molar-refractivity contribution in [2.45, 2.75) is 84.7 Å². The summed E-state index contributed by atoms with van der Waals surface area (Å²) in [6.07, 6.45) is 3.76. The molecule has 0 aromatic carbocycles. The Kier molecular flexibility index (Phi) is 8.46. The van der Waals surface area contributed by atoms with E-state index in [1.54, 1.807) is 15.9 Å². The molecule has 3 saturated heterocycles. The van der Waals surface area contributed by atoms with Crippen molar-refractivity contribution in [2.75, 3.05) is 31.2 Å². The Bertz CT molecular complexity index is 1190. The Morgan fingerprint density at radius 1 is 1.12 bits per heavy atom. The van der Waals surface area contributed by atoms with Gasteiger partial charge in [-0.25, -0.2) is 9.59 Å². The van der Waals surface area contributed by atoms with E-state index in [2.05, 4.69) is 18.8 Å². The highest BCUT2D eigenvalue weighted by Gasteiger charge is 2.45. The van der Waals surface area contributed by atoms with Gasteiger partial charge in [-0.1, -0.05) is 18.8 Å². The van der Waals surface area contributed by atoms with Crippen LogP contribution >= 0.6 is 11.3 Å². The number of aromatic carboxylic acids is 1. The average Bonchev–Trinajstić information content (AvgIpc) is 3.69. The minimum Gasteiger partial charge on any atom is -0.477 e. The van der Waals surface area contributed by atoms with E-state index in [1.807, 2.05) is 20.8 Å². The first-order valence-electron chi connectivity index (χ1n) is 14.4. The van der Waals surface area contributed by atoms with Crippen LogP contribution in [0.2, 0.25) is 0 Å². The molecule has 0 bridgehead atoms. The Morgan fingerprint density at radius 3 is 2.58 bits per heavy atom. The molecule has 4 heterocycles. The van der Waals surface area contributed by atoms with Gasteiger partial charge in [0.15, 0.2) is 6.29 Å². The van der Waals surface area contributed by atoms with Gasteiger partial charge in [0.25, 0.3) is 0 Å². The fourth-order valence-electron chi connectivity index (χ4n) is 6.09. The largest absolute Gasteiger partial charge is 0.477 e. The van der Waals surface area contributed by atoms with E-state index in [0.717, 1.165) is 43.4 Å². The molecule has 0 unspecified atom stereocenters. The molecule has 1 aromatic heterocycles. The number of thiophene rings is 1. The molecule has 5 rings (SSSR count). The lowest BCUT2D eigenvalue weighted by molar-refractivity contribution is -0.124. The monoisotopic (exact) mass is 572 g/mol. The van der Waals surface area contributed by atoms with E-state index in [1.165, 1.54) is 0 Å². The number of ether oxygens (including phenoxy) is 3. The van der Waals surface area contributed by atoms with E-state index in [0.29, 0.717) is 42.7 Å². The zero-order valence-corrected chi connectivity index (χ0v) is 24.6. The van der Waals surface area contributed by atoms with E-state index < -0.39 is 12.1 Å². The molecule has 1 saturated carbocycles. The van der Waals surface area contributed by atoms with Crippen LogP contribution in [0.25, 0.3) is 0 Å². The maximum absolute atomic E-state index is 14.1. The van der Waals surface area contributed by atoms with E-state index in [9.17, 15) is 19.5 Å². The van der Waals surface area contributed by atoms with Crippen molar-refractivity contribution in [1.82, 2.24) is 4.90 Å². The fourth-order valence-corrected chi connectivity index (χ4v) is 6.93. The van der Waals surface area contributed by atoms with Crippen molar-refractivity contribution in [3.63, 3.8) is 0 Å². The highest BCUT2D eigenvalue weighted by molar-refractivity contribution is 7.15. The molecule has 1 aromatic rings. The lowest BCUT2D eigenvalue weighted by Crippen LogP contribution is -2.47. The van der Waals surface area contributed by atoms with Crippen LogP contribution < -0.4 is 4.90 Å². The summed E-state index contributed by atoms with van der Waals surface area (Å²) in [4.78, 5) is 43.7. The minimum atomic E-state index is -1.08. The van der Waals surface area contributed by atoms with Gasteiger partial charge in [0, 0.05) is 24.4 Å². The molecule has 9 nitrogen and oxygen atoms in total. The zero-order valence-electron chi connectivity index (χ0n) is 23.8. The molecule has 0 spiro atoms. The van der Waals surface area contributed by atoms with Crippen molar-refractivity contribution in [3.8, 4) is 11.8 Å². The van der Waals surface area contributed by atoms with Crippen molar-refractivity contribution >= 4 is 35.0 Å². The summed E-state index contributed by atoms with van der Waals surface area (Å²) in [5.74, 6) is 5.60. The van der Waals surface area contributed by atoms with Crippen molar-refractivity contribution in [2.24, 2.45) is 23.2 Å². The normalized spacial score (nSPS) is 29.9. The molecule has 40 heavy (non-hydrogen) atoms. The first kappa shape index (κ1) is 28.9. The number of carboxylic acids is 1. The smallest absolute Gasteiger partial charge is 0.410 e. The molecule has 3 aliphatic heterocycles. The van der Waals surface area contributed by atoms with Gasteiger partial charge >= 0.3 is 12.1 Å². The third-order valence-corrected chi connectivity index (χ3v) is 9.38. The van der Waals surface area contributed by atoms with E-state index >= 15 is 0 Å². The fraction of sp³-hybridized carbons (Fsp3) is 0.700. The SMILES string of the molecule is CC1CCC(C(=O)N(c2cc(C#CC(C)(C)C)sc2C(=O)O)[C@H]2CCN(C(=O)O[C@H]3CO[C@H]4OCC[C@H]43)C2)CC1. The van der Waals surface area contributed by atoms with Crippen LogP contribution in [-0.4, -0.2) is 72.7 Å². The third-order valence-electron chi connectivity index (χ3n) is 8.35. The van der Waals surface area contributed by atoms with Crippen LogP contribution in [-0.2, 0) is 19.0 Å². The number of hydrogen-bond acceptors (Lipinski definition) is 7. The standard InChI is InChI=1S/C30H40N2O7S/c1-18-5-7-19(8-6-18)26(33)32(23-15-21(9-12-30(2,3)4)40-25(23)27(34)35)20-10-13-31(16-20)29(36)39-24-17-38-28-22(24)11-14-37-28/h15,18-20,22,24,28H,5-8,10-11,13-14,16-17H2,1-4H3,(H,34,35)/t18?,19?,20-,22-,24-,28+/m0/s1. The second-order valence-corrected chi connectivity index (χ2v) is 13.7. The van der Waals surface area contributed by atoms with Crippen LogP contribution in [0.5, 0.6) is 0 Å². The third kappa shape index (κ3) is 6.32. The quantitative estimate of drug-likeness (QED) is 0.497. The molecule has 0 radical (unpaired) electrons. The summed E-state index contributed by atoms with van der Waals surface area (Å²) >= 11 is 1.10. The molecule has 1 aliphatic carbocycles. The summed E-state index contributed by atoms with van der Waals surface area (Å²) in [6, 6.07) is 1.39. The van der Waals surface area contributed by atoms with Gasteiger partial charge in [0.1, 0.15) is 11.0 Å². The van der Waals surface area contributed by atoms with Gasteiger partial charge in [0.2, 0.25) is 5.91 Å². The number of carbonyl (C=O) groups is 3. The topological polar surface area (TPSA) is 106 Å². The number of amides is 2. The summed E-state index contributed by atoms with van der Waals surface area (Å²) in [7, 11) is 0. The molecule has 10 heteroatoms. The summed E-state index contributed by atoms with van der Waals surface area (Å²) in [5, 5.41) is 10.1. The van der Waals surface area contributed by atoms with Crippen molar-refractivity contribution < 1.29 is 33.7 Å². The number of carbonyl (C=O) groups excluding carboxylic acids is 2. The highest BCUT2D eigenvalue weighted by Crippen LogP contribution is 2.38. The Hall–Kier alpha value is -2.61. The number of anilines is 1. The number of nitrogens with zero attached hydrogens (tertiary/aromatic N) is 2. The highest BCUT2D eigenvalue weighted by atomic mass is 32.1. The van der Waals surface area contributed by atoms with Crippen molar-refractivity contribution in [3.05, 3.63) is 15.8 Å². The summed E-state index contributed by atoms with van der Waals surface area (Å²) in [5.41, 5.74) is 0.137. The van der Waals surface area contributed by atoms with Crippen LogP contribution in [0, 0.1) is 35.0 Å². The van der Waals surface area contributed by atoms with Crippen LogP contribution in [0.15, 0.2) is 6.07 Å². The molecule has 2 amide bonds. The summed E-state index contributed by atoms with van der Waals surface area (Å²) in [6.45, 7) is 9.82. The Labute approximate surface area is 240 Å². The first-order valence-corrected chi connectivity index (χ1v) is 15.2. The van der Waals surface area contributed by atoms with Gasteiger partial charge in [-0.2, -0.15) is 0 Å². The average molecular weight is 573 g/mol. The van der Waals surface area contributed by atoms with Gasteiger partial charge in [-0.15, -0.1) is 11.3 Å².